The maximum Gasteiger partial charge on any atom is 0.341 e. The summed E-state index contributed by atoms with van der Waals surface area (Å²) in [6, 6.07) is 5.00. The quantitative estimate of drug-likeness (QED) is 0.630. The van der Waals surface area contributed by atoms with Crippen LogP contribution in [0.2, 0.25) is 0 Å². The Hall–Kier alpha value is -3.27. The fourth-order valence-corrected chi connectivity index (χ4v) is 4.51. The van der Waals surface area contributed by atoms with E-state index in [9.17, 15) is 23.6 Å². The highest BCUT2D eigenvalue weighted by molar-refractivity contribution is 7.17. The van der Waals surface area contributed by atoms with Gasteiger partial charge in [-0.05, 0) is 49.4 Å². The van der Waals surface area contributed by atoms with E-state index in [0.717, 1.165) is 42.2 Å². The minimum Gasteiger partial charge on any atom is -0.465 e. The molecule has 2 N–H and O–H groups in total. The standard InChI is InChI=1S/C21H21FN2O6S/c1-29-21(28)18-14-7-2-3-8-15(14)31-20(18)24-16(25)11-30-17(26)10-23-19(27)12-5-4-6-13(22)9-12/h4-6,9H,2-3,7-8,10-11H2,1H3,(H,23,27)(H,24,25). The Kier molecular flexibility index (Phi) is 7.35. The normalized spacial score (nSPS) is 12.5. The van der Waals surface area contributed by atoms with Crippen LogP contribution in [0.15, 0.2) is 24.3 Å². The summed E-state index contributed by atoms with van der Waals surface area (Å²) in [4.78, 5) is 49.2. The Bertz CT molecular complexity index is 1020. The van der Waals surface area contributed by atoms with Crippen molar-refractivity contribution >= 4 is 40.1 Å². The molecule has 2 amide bonds. The molecule has 0 radical (unpaired) electrons. The maximum atomic E-state index is 13.1. The summed E-state index contributed by atoms with van der Waals surface area (Å²) in [6.45, 7) is -1.07. The second kappa shape index (κ2) is 10.2. The molecule has 0 saturated carbocycles. The number of hydrogen-bond acceptors (Lipinski definition) is 7. The molecule has 3 rings (SSSR count). The molecule has 164 valence electrons. The highest BCUT2D eigenvalue weighted by atomic mass is 32.1. The van der Waals surface area contributed by atoms with Crippen LogP contribution in [-0.2, 0) is 31.9 Å². The number of benzene rings is 1. The van der Waals surface area contributed by atoms with Gasteiger partial charge in [0, 0.05) is 10.4 Å². The third-order valence-electron chi connectivity index (χ3n) is 4.66. The minimum absolute atomic E-state index is 0.0579. The van der Waals surface area contributed by atoms with E-state index in [2.05, 4.69) is 10.6 Å². The number of halogens is 1. The molecule has 10 heteroatoms. The van der Waals surface area contributed by atoms with Gasteiger partial charge in [-0.15, -0.1) is 11.3 Å². The second-order valence-corrected chi connectivity index (χ2v) is 7.91. The van der Waals surface area contributed by atoms with E-state index in [4.69, 9.17) is 9.47 Å². The lowest BCUT2D eigenvalue weighted by molar-refractivity contribution is -0.146. The number of methoxy groups -OCH3 is 1. The Labute approximate surface area is 181 Å². The summed E-state index contributed by atoms with van der Waals surface area (Å²) in [5.41, 5.74) is 1.31. The van der Waals surface area contributed by atoms with Crippen LogP contribution < -0.4 is 10.6 Å². The highest BCUT2D eigenvalue weighted by Crippen LogP contribution is 2.38. The molecule has 1 aliphatic rings. The molecule has 0 atom stereocenters. The van der Waals surface area contributed by atoms with E-state index in [1.54, 1.807) is 0 Å². The zero-order chi connectivity index (χ0) is 22.4. The first-order valence-electron chi connectivity index (χ1n) is 9.61. The Morgan fingerprint density at radius 2 is 1.94 bits per heavy atom. The first-order chi connectivity index (χ1) is 14.9. The van der Waals surface area contributed by atoms with Crippen molar-refractivity contribution in [2.75, 3.05) is 25.6 Å². The van der Waals surface area contributed by atoms with Gasteiger partial charge < -0.3 is 20.1 Å². The molecule has 0 bridgehead atoms. The van der Waals surface area contributed by atoms with Gasteiger partial charge in [-0.2, -0.15) is 0 Å². The zero-order valence-electron chi connectivity index (χ0n) is 16.8. The van der Waals surface area contributed by atoms with Crippen LogP contribution in [0.3, 0.4) is 0 Å². The van der Waals surface area contributed by atoms with Crippen LogP contribution in [0, 0.1) is 5.82 Å². The van der Waals surface area contributed by atoms with Crippen molar-refractivity contribution in [1.82, 2.24) is 5.32 Å². The number of aryl methyl sites for hydroxylation is 1. The molecule has 0 spiro atoms. The summed E-state index contributed by atoms with van der Waals surface area (Å²) in [6.07, 6.45) is 3.55. The smallest absolute Gasteiger partial charge is 0.341 e. The molecule has 0 saturated heterocycles. The first-order valence-corrected chi connectivity index (χ1v) is 10.4. The number of anilines is 1. The lowest BCUT2D eigenvalue weighted by Gasteiger charge is -2.11. The summed E-state index contributed by atoms with van der Waals surface area (Å²) >= 11 is 1.32. The molecule has 2 aromatic rings. The van der Waals surface area contributed by atoms with Gasteiger partial charge >= 0.3 is 11.9 Å². The van der Waals surface area contributed by atoms with Crippen LogP contribution in [0.5, 0.6) is 0 Å². The fourth-order valence-electron chi connectivity index (χ4n) is 3.22. The van der Waals surface area contributed by atoms with E-state index in [1.165, 1.54) is 36.6 Å². The van der Waals surface area contributed by atoms with Crippen molar-refractivity contribution in [3.63, 3.8) is 0 Å². The third kappa shape index (κ3) is 5.66. The predicted molar refractivity (Wildman–Crippen MR) is 111 cm³/mol. The number of ether oxygens (including phenoxy) is 2. The lowest BCUT2D eigenvalue weighted by atomic mass is 9.95. The molecule has 1 heterocycles. The van der Waals surface area contributed by atoms with E-state index in [1.807, 2.05) is 0 Å². The van der Waals surface area contributed by atoms with Crippen LogP contribution in [0.4, 0.5) is 9.39 Å². The fraction of sp³-hybridized carbons (Fsp3) is 0.333. The molecular weight excluding hydrogens is 427 g/mol. The molecule has 1 aliphatic carbocycles. The van der Waals surface area contributed by atoms with Gasteiger partial charge in [-0.3, -0.25) is 14.4 Å². The first kappa shape index (κ1) is 22.4. The number of hydrogen-bond donors (Lipinski definition) is 2. The Balaban J connectivity index is 1.52. The Morgan fingerprint density at radius 1 is 1.16 bits per heavy atom. The average molecular weight is 448 g/mol. The molecule has 0 aliphatic heterocycles. The molecule has 1 aromatic heterocycles. The third-order valence-corrected chi connectivity index (χ3v) is 5.87. The summed E-state index contributed by atoms with van der Waals surface area (Å²) in [5, 5.41) is 5.28. The number of esters is 2. The minimum atomic E-state index is -0.835. The topological polar surface area (TPSA) is 111 Å². The molecule has 0 unspecified atom stereocenters. The van der Waals surface area contributed by atoms with Crippen molar-refractivity contribution in [2.24, 2.45) is 0 Å². The van der Waals surface area contributed by atoms with Crippen molar-refractivity contribution in [3.05, 3.63) is 51.7 Å². The lowest BCUT2D eigenvalue weighted by Crippen LogP contribution is -2.32. The predicted octanol–water partition coefficient (Wildman–Crippen LogP) is 2.46. The van der Waals surface area contributed by atoms with Gasteiger partial charge in [0.25, 0.3) is 11.8 Å². The summed E-state index contributed by atoms with van der Waals surface area (Å²) in [7, 11) is 1.28. The van der Waals surface area contributed by atoms with Gasteiger partial charge in [0.15, 0.2) is 6.61 Å². The SMILES string of the molecule is COC(=O)c1c(NC(=O)COC(=O)CNC(=O)c2cccc(F)c2)sc2c1CCCC2. The van der Waals surface area contributed by atoms with Crippen molar-refractivity contribution in [1.29, 1.82) is 0 Å². The average Bonchev–Trinajstić information content (AvgIpc) is 3.13. The molecular formula is C21H21FN2O6S. The van der Waals surface area contributed by atoms with Gasteiger partial charge in [-0.1, -0.05) is 6.07 Å². The maximum absolute atomic E-state index is 13.1. The number of thiophene rings is 1. The van der Waals surface area contributed by atoms with Crippen molar-refractivity contribution < 1.29 is 33.0 Å². The van der Waals surface area contributed by atoms with E-state index >= 15 is 0 Å². The Morgan fingerprint density at radius 3 is 2.68 bits per heavy atom. The van der Waals surface area contributed by atoms with Gasteiger partial charge in [-0.25, -0.2) is 9.18 Å². The largest absolute Gasteiger partial charge is 0.465 e. The van der Waals surface area contributed by atoms with Gasteiger partial charge in [0.05, 0.1) is 12.7 Å². The highest BCUT2D eigenvalue weighted by Gasteiger charge is 2.27. The van der Waals surface area contributed by atoms with Crippen molar-refractivity contribution in [2.45, 2.75) is 25.7 Å². The van der Waals surface area contributed by atoms with E-state index in [-0.39, 0.29) is 5.56 Å². The molecule has 8 nitrogen and oxygen atoms in total. The number of carbonyl (C=O) groups excluding carboxylic acids is 4. The summed E-state index contributed by atoms with van der Waals surface area (Å²) in [5.74, 6) is -3.19. The van der Waals surface area contributed by atoms with Crippen LogP contribution in [0.25, 0.3) is 0 Å². The molecule has 1 aromatic carbocycles. The monoisotopic (exact) mass is 448 g/mol. The number of carbonyl (C=O) groups is 4. The van der Waals surface area contributed by atoms with E-state index < -0.39 is 42.7 Å². The van der Waals surface area contributed by atoms with Crippen LogP contribution in [0.1, 0.15) is 44.0 Å². The second-order valence-electron chi connectivity index (χ2n) is 6.81. The van der Waals surface area contributed by atoms with E-state index in [0.29, 0.717) is 10.6 Å². The van der Waals surface area contributed by atoms with Gasteiger partial charge in [0.2, 0.25) is 0 Å². The molecule has 31 heavy (non-hydrogen) atoms. The number of fused-ring (bicyclic) bond motifs is 1. The number of rotatable bonds is 7. The van der Waals surface area contributed by atoms with Crippen LogP contribution in [-0.4, -0.2) is 44.0 Å². The van der Waals surface area contributed by atoms with Gasteiger partial charge in [0.1, 0.15) is 17.4 Å². The summed E-state index contributed by atoms with van der Waals surface area (Å²) < 4.78 is 22.9. The van der Waals surface area contributed by atoms with Crippen molar-refractivity contribution in [3.8, 4) is 0 Å². The van der Waals surface area contributed by atoms with Crippen LogP contribution >= 0.6 is 11.3 Å². The zero-order valence-corrected chi connectivity index (χ0v) is 17.6. The number of nitrogens with one attached hydrogen (secondary N) is 2. The molecule has 0 fully saturated rings. The number of amides is 2.